The maximum Gasteiger partial charge on any atom is 0.435 e. The fourth-order valence-electron chi connectivity index (χ4n) is 1.99. The number of aliphatic carboxylic acids is 1. The van der Waals surface area contributed by atoms with Crippen LogP contribution in [-0.4, -0.2) is 44.1 Å². The third-order valence-corrected chi connectivity index (χ3v) is 3.41. The van der Waals surface area contributed by atoms with Crippen molar-refractivity contribution in [1.82, 2.24) is 15.1 Å². The van der Waals surface area contributed by atoms with Crippen LogP contribution in [0.4, 0.5) is 28.0 Å². The second-order valence-corrected chi connectivity index (χ2v) is 5.68. The molecule has 4 N–H and O–H groups in total. The maximum atomic E-state index is 13.4. The molecule has 1 unspecified atom stereocenters. The number of rotatable bonds is 5. The van der Waals surface area contributed by atoms with Gasteiger partial charge in [0.1, 0.15) is 5.82 Å². The van der Waals surface area contributed by atoms with E-state index in [-0.39, 0.29) is 5.69 Å². The molecule has 2 aromatic rings. The summed E-state index contributed by atoms with van der Waals surface area (Å²) >= 11 is 0. The number of nitrogens with one attached hydrogen (secondary N) is 2. The van der Waals surface area contributed by atoms with Gasteiger partial charge in [-0.05, 0) is 31.2 Å². The van der Waals surface area contributed by atoms with E-state index in [4.69, 9.17) is 5.11 Å². The van der Waals surface area contributed by atoms with Gasteiger partial charge in [0.25, 0.3) is 0 Å². The van der Waals surface area contributed by atoms with Gasteiger partial charge >= 0.3 is 18.2 Å². The van der Waals surface area contributed by atoms with Crippen molar-refractivity contribution < 1.29 is 37.4 Å². The van der Waals surface area contributed by atoms with Gasteiger partial charge in [0.05, 0.1) is 24.1 Å². The van der Waals surface area contributed by atoms with Gasteiger partial charge in [-0.15, -0.1) is 0 Å². The molecule has 146 valence electrons. The van der Waals surface area contributed by atoms with Crippen LogP contribution in [0.3, 0.4) is 0 Å². The highest BCUT2D eigenvalue weighted by Crippen LogP contribution is 2.36. The Balaban J connectivity index is 2.26. The average molecular weight is 390 g/mol. The average Bonchev–Trinajstić information content (AvgIpc) is 2.97. The van der Waals surface area contributed by atoms with Crippen molar-refractivity contribution in [3.05, 3.63) is 42.0 Å². The molecule has 8 nitrogen and oxygen atoms in total. The Morgan fingerprint density at radius 2 is 1.81 bits per heavy atom. The Labute approximate surface area is 149 Å². The number of carboxylic acids is 1. The number of urea groups is 1. The minimum atomic E-state index is -4.92. The van der Waals surface area contributed by atoms with Crippen molar-refractivity contribution in [1.29, 1.82) is 0 Å². The number of carboxylic acid groups (broad SMARTS) is 1. The number of benzene rings is 1. The Morgan fingerprint density at radius 3 is 2.33 bits per heavy atom. The first-order chi connectivity index (χ1) is 12.4. The van der Waals surface area contributed by atoms with E-state index in [1.165, 1.54) is 0 Å². The van der Waals surface area contributed by atoms with Crippen molar-refractivity contribution in [2.24, 2.45) is 0 Å². The molecule has 0 aliphatic heterocycles. The summed E-state index contributed by atoms with van der Waals surface area (Å²) in [6.45, 7) is 0.158. The molecule has 1 heterocycles. The normalized spacial score (nSPS) is 13.7. The summed E-state index contributed by atoms with van der Waals surface area (Å²) in [5.41, 5.74) is -4.43. The lowest BCUT2D eigenvalue weighted by atomic mass is 10.1. The molecule has 1 aromatic heterocycles. The molecule has 0 spiro atoms. The molecule has 0 saturated carbocycles. The first-order valence-corrected chi connectivity index (χ1v) is 7.33. The van der Waals surface area contributed by atoms with Gasteiger partial charge in [-0.25, -0.2) is 18.7 Å². The van der Waals surface area contributed by atoms with Crippen LogP contribution in [-0.2, 0) is 11.0 Å². The summed E-state index contributed by atoms with van der Waals surface area (Å²) in [7, 11) is 0. The molecule has 0 saturated heterocycles. The molecule has 0 radical (unpaired) electrons. The first-order valence-electron chi connectivity index (χ1n) is 7.33. The molecule has 1 aromatic carbocycles. The lowest BCUT2D eigenvalue weighted by Gasteiger charge is -2.18. The van der Waals surface area contributed by atoms with Crippen molar-refractivity contribution >= 4 is 17.7 Å². The van der Waals surface area contributed by atoms with E-state index in [9.17, 15) is 32.3 Å². The van der Waals surface area contributed by atoms with Crippen LogP contribution >= 0.6 is 0 Å². The highest BCUT2D eigenvalue weighted by atomic mass is 19.4. The Kier molecular flexibility index (Phi) is 5.40. The number of hydrogen-bond donors (Lipinski definition) is 4. The zero-order valence-electron chi connectivity index (χ0n) is 13.7. The van der Waals surface area contributed by atoms with E-state index in [1.54, 1.807) is 0 Å². The van der Waals surface area contributed by atoms with Crippen molar-refractivity contribution in [3.63, 3.8) is 0 Å². The predicted molar refractivity (Wildman–Crippen MR) is 83.8 cm³/mol. The van der Waals surface area contributed by atoms with Gasteiger partial charge in [-0.3, -0.25) is 0 Å². The van der Waals surface area contributed by atoms with Gasteiger partial charge in [0, 0.05) is 0 Å². The number of hydrogen-bond acceptors (Lipinski definition) is 4. The zero-order chi connectivity index (χ0) is 20.4. The van der Waals surface area contributed by atoms with Crippen LogP contribution < -0.4 is 10.6 Å². The first kappa shape index (κ1) is 20.2. The lowest BCUT2D eigenvalue weighted by Crippen LogP contribution is -2.47. The summed E-state index contributed by atoms with van der Waals surface area (Å²) < 4.78 is 53.7. The molecule has 27 heavy (non-hydrogen) atoms. The van der Waals surface area contributed by atoms with E-state index in [2.05, 4.69) is 5.10 Å². The van der Waals surface area contributed by atoms with Crippen LogP contribution in [0.25, 0.3) is 5.69 Å². The fourth-order valence-corrected chi connectivity index (χ4v) is 1.99. The third kappa shape index (κ3) is 4.73. The summed E-state index contributed by atoms with van der Waals surface area (Å²) in [6.07, 6.45) is -4.18. The van der Waals surface area contributed by atoms with E-state index < -0.39 is 47.5 Å². The van der Waals surface area contributed by atoms with Crippen LogP contribution in [0.2, 0.25) is 0 Å². The number of carbonyl (C=O) groups is 2. The van der Waals surface area contributed by atoms with Crippen molar-refractivity contribution in [3.8, 4) is 5.69 Å². The summed E-state index contributed by atoms with van der Waals surface area (Å²) in [5.74, 6) is -2.27. The molecule has 0 aliphatic carbocycles. The number of carbonyl (C=O) groups excluding carboxylic acids is 1. The van der Waals surface area contributed by atoms with Crippen LogP contribution in [0, 0.1) is 5.82 Å². The number of amides is 2. The van der Waals surface area contributed by atoms with Crippen LogP contribution in [0.15, 0.2) is 30.5 Å². The number of aliphatic hydroxyl groups is 1. The monoisotopic (exact) mass is 390 g/mol. The maximum absolute atomic E-state index is 13.4. The van der Waals surface area contributed by atoms with Crippen molar-refractivity contribution in [2.75, 3.05) is 11.9 Å². The van der Waals surface area contributed by atoms with E-state index in [0.717, 1.165) is 37.4 Å². The smallest absolute Gasteiger partial charge is 0.435 e. The highest BCUT2D eigenvalue weighted by molar-refractivity contribution is 5.90. The van der Waals surface area contributed by atoms with Gasteiger partial charge in [0.15, 0.2) is 11.3 Å². The number of alkyl halides is 3. The van der Waals surface area contributed by atoms with Gasteiger partial charge in [0.2, 0.25) is 0 Å². The fraction of sp³-hybridized carbons (Fsp3) is 0.267. The molecular formula is C15H14F4N4O4. The summed E-state index contributed by atoms with van der Waals surface area (Å²) in [4.78, 5) is 22.5. The number of halogens is 4. The standard InChI is InChI=1S/C15H14F4N4O4/c1-14(27,12(24)25)7-20-13(26)22-10-6-21-23(11(10)15(17,18)19)9-4-2-8(16)3-5-9/h2-6,27H,7H2,1H3,(H,24,25)(H2,20,22,26). The van der Waals surface area contributed by atoms with Gasteiger partial charge in [-0.2, -0.15) is 18.3 Å². The SMILES string of the molecule is CC(O)(CNC(=O)Nc1cnn(-c2ccc(F)cc2)c1C(F)(F)F)C(=O)O. The molecule has 0 fully saturated rings. The highest BCUT2D eigenvalue weighted by Gasteiger charge is 2.39. The number of nitrogens with zero attached hydrogens (tertiary/aromatic N) is 2. The third-order valence-electron chi connectivity index (χ3n) is 3.41. The minimum Gasteiger partial charge on any atom is -0.479 e. The number of aromatic nitrogens is 2. The minimum absolute atomic E-state index is 0.0917. The van der Waals surface area contributed by atoms with Crippen molar-refractivity contribution in [2.45, 2.75) is 18.7 Å². The van der Waals surface area contributed by atoms with Gasteiger partial charge in [-0.1, -0.05) is 0 Å². The molecule has 12 heteroatoms. The molecule has 2 amide bonds. The van der Waals surface area contributed by atoms with Crippen LogP contribution in [0.5, 0.6) is 0 Å². The molecule has 0 aliphatic rings. The number of anilines is 1. The summed E-state index contributed by atoms with van der Waals surface area (Å²) in [6, 6.07) is 2.87. The Bertz CT molecular complexity index is 846. The lowest BCUT2D eigenvalue weighted by molar-refractivity contribution is -0.155. The Hall–Kier alpha value is -3.15. The second-order valence-electron chi connectivity index (χ2n) is 5.68. The predicted octanol–water partition coefficient (Wildman–Crippen LogP) is 1.99. The van der Waals surface area contributed by atoms with Crippen LogP contribution in [0.1, 0.15) is 12.6 Å². The topological polar surface area (TPSA) is 116 Å². The Morgan fingerprint density at radius 1 is 1.22 bits per heavy atom. The van der Waals surface area contributed by atoms with E-state index >= 15 is 0 Å². The molecule has 0 bridgehead atoms. The largest absolute Gasteiger partial charge is 0.479 e. The summed E-state index contributed by atoms with van der Waals surface area (Å²) in [5, 5.41) is 25.6. The quantitative estimate of drug-likeness (QED) is 0.583. The second kappa shape index (κ2) is 7.23. The van der Waals surface area contributed by atoms with E-state index in [1.807, 2.05) is 10.6 Å². The molecule has 1 atom stereocenters. The van der Waals surface area contributed by atoms with E-state index in [0.29, 0.717) is 4.68 Å². The molecular weight excluding hydrogens is 376 g/mol. The molecule has 2 rings (SSSR count). The van der Waals surface area contributed by atoms with Gasteiger partial charge < -0.3 is 20.8 Å². The zero-order valence-corrected chi connectivity index (χ0v) is 13.7.